The van der Waals surface area contributed by atoms with Crippen molar-refractivity contribution < 1.29 is 0 Å². The lowest BCUT2D eigenvalue weighted by molar-refractivity contribution is 0.832. The maximum absolute atomic E-state index is 6.85. The third-order valence-corrected chi connectivity index (χ3v) is 14.8. The van der Waals surface area contributed by atoms with Gasteiger partial charge in [0, 0.05) is 4.11 Å². The number of benzene rings is 1. The Morgan fingerprint density at radius 2 is 1.38 bits per heavy atom. The van der Waals surface area contributed by atoms with Gasteiger partial charge in [0.25, 0.3) is 0 Å². The first-order chi connectivity index (χ1) is 9.67. The van der Waals surface area contributed by atoms with Crippen molar-refractivity contribution in [2.75, 3.05) is 0 Å². The maximum atomic E-state index is 6.85. The summed E-state index contributed by atoms with van der Waals surface area (Å²) in [6.45, 7) is 16.3. The Morgan fingerprint density at radius 1 is 0.952 bits per heavy atom. The predicted molar refractivity (Wildman–Crippen MR) is 104 cm³/mol. The summed E-state index contributed by atoms with van der Waals surface area (Å²) >= 11 is 10.8. The fraction of sp³-hybridized carbons (Fsp3) is 0.556. The van der Waals surface area contributed by atoms with Gasteiger partial charge in [-0.05, 0) is 34.7 Å². The molecule has 1 aromatic carbocycles. The van der Waals surface area contributed by atoms with E-state index in [0.29, 0.717) is 16.6 Å². The van der Waals surface area contributed by atoms with Crippen LogP contribution in [-0.4, -0.2) is 8.07 Å². The molecule has 0 saturated carbocycles. The standard InChI is InChI=1S/C18H28BrClSi/c1-12(2)21(13(3)4,14(5)6)18(19)17(20)16-11-9-8-10-15(16)7/h8-14H,1-7H3/b18-17+. The maximum Gasteiger partial charge on any atom is 0.105 e. The van der Waals surface area contributed by atoms with Gasteiger partial charge < -0.3 is 0 Å². The lowest BCUT2D eigenvalue weighted by atomic mass is 10.1. The minimum absolute atomic E-state index is 0.643. The van der Waals surface area contributed by atoms with E-state index < -0.39 is 8.07 Å². The second kappa shape index (κ2) is 7.48. The van der Waals surface area contributed by atoms with Crippen molar-refractivity contribution in [1.29, 1.82) is 0 Å². The summed E-state index contributed by atoms with van der Waals surface area (Å²) in [7, 11) is -1.74. The fourth-order valence-corrected chi connectivity index (χ4v) is 15.0. The Bertz CT molecular complexity index is 496. The fourth-order valence-electron chi connectivity index (χ4n) is 3.89. The van der Waals surface area contributed by atoms with Gasteiger partial charge in [-0.1, -0.05) is 93.3 Å². The van der Waals surface area contributed by atoms with Crippen LogP contribution in [0.5, 0.6) is 0 Å². The van der Waals surface area contributed by atoms with Crippen LogP contribution in [0.1, 0.15) is 52.7 Å². The summed E-state index contributed by atoms with van der Waals surface area (Å²) in [6, 6.07) is 8.38. The van der Waals surface area contributed by atoms with E-state index in [0.717, 1.165) is 10.6 Å². The van der Waals surface area contributed by atoms with Crippen molar-refractivity contribution in [3.8, 4) is 0 Å². The number of aryl methyl sites for hydroxylation is 1. The quantitative estimate of drug-likeness (QED) is 0.458. The molecule has 118 valence electrons. The van der Waals surface area contributed by atoms with Crippen LogP contribution in [0.15, 0.2) is 28.4 Å². The van der Waals surface area contributed by atoms with Crippen molar-refractivity contribution in [1.82, 2.24) is 0 Å². The second-order valence-electron chi connectivity index (χ2n) is 6.84. The summed E-state index contributed by atoms with van der Waals surface area (Å²) in [4.78, 5) is 0. The molecule has 0 aliphatic heterocycles. The van der Waals surface area contributed by atoms with Gasteiger partial charge in [-0.3, -0.25) is 0 Å². The monoisotopic (exact) mass is 386 g/mol. The van der Waals surface area contributed by atoms with Crippen molar-refractivity contribution in [2.45, 2.75) is 65.1 Å². The largest absolute Gasteiger partial charge is 0.105 e. The molecule has 0 aliphatic rings. The molecule has 0 amide bonds. The molecule has 0 bridgehead atoms. The first kappa shape index (κ1) is 19.0. The van der Waals surface area contributed by atoms with Gasteiger partial charge in [0.2, 0.25) is 0 Å². The molecule has 0 unspecified atom stereocenters. The summed E-state index contributed by atoms with van der Waals surface area (Å²) < 4.78 is 1.28. The number of hydrogen-bond donors (Lipinski definition) is 0. The van der Waals surface area contributed by atoms with E-state index in [2.05, 4.69) is 88.7 Å². The van der Waals surface area contributed by atoms with Crippen molar-refractivity contribution in [2.24, 2.45) is 0 Å². The van der Waals surface area contributed by atoms with Crippen LogP contribution in [-0.2, 0) is 0 Å². The van der Waals surface area contributed by atoms with Gasteiger partial charge in [-0.15, -0.1) is 0 Å². The molecule has 1 rings (SSSR count). The van der Waals surface area contributed by atoms with E-state index in [1.807, 2.05) is 0 Å². The zero-order valence-electron chi connectivity index (χ0n) is 14.3. The van der Waals surface area contributed by atoms with E-state index >= 15 is 0 Å². The van der Waals surface area contributed by atoms with Crippen LogP contribution in [0, 0.1) is 6.92 Å². The van der Waals surface area contributed by atoms with E-state index in [4.69, 9.17) is 11.6 Å². The number of rotatable bonds is 5. The third-order valence-electron chi connectivity index (χ3n) is 4.82. The van der Waals surface area contributed by atoms with Gasteiger partial charge >= 0.3 is 0 Å². The van der Waals surface area contributed by atoms with Crippen LogP contribution in [0.3, 0.4) is 0 Å². The SMILES string of the molecule is Cc1ccccc1/C(Cl)=C(/Br)[Si](C(C)C)(C(C)C)C(C)C. The van der Waals surface area contributed by atoms with Crippen molar-refractivity contribution in [3.63, 3.8) is 0 Å². The Balaban J connectivity index is 3.57. The van der Waals surface area contributed by atoms with Crippen molar-refractivity contribution >= 4 is 40.6 Å². The molecular weight excluding hydrogens is 360 g/mol. The molecule has 1 aromatic rings. The highest BCUT2D eigenvalue weighted by Crippen LogP contribution is 2.51. The average molecular weight is 388 g/mol. The zero-order valence-corrected chi connectivity index (χ0v) is 17.6. The topological polar surface area (TPSA) is 0 Å². The van der Waals surface area contributed by atoms with Crippen LogP contribution < -0.4 is 0 Å². The normalized spacial score (nSPS) is 14.1. The van der Waals surface area contributed by atoms with Crippen LogP contribution in [0.4, 0.5) is 0 Å². The van der Waals surface area contributed by atoms with Gasteiger partial charge in [-0.2, -0.15) is 0 Å². The minimum atomic E-state index is -1.74. The minimum Gasteiger partial charge on any atom is -0.0832 e. The van der Waals surface area contributed by atoms with Crippen LogP contribution in [0.2, 0.25) is 16.6 Å². The molecule has 0 nitrogen and oxygen atoms in total. The molecular formula is C18H28BrClSi. The predicted octanol–water partition coefficient (Wildman–Crippen LogP) is 7.52. The zero-order chi connectivity index (χ0) is 16.4. The summed E-state index contributed by atoms with van der Waals surface area (Å²) in [5, 5.41) is 0.913. The second-order valence-corrected chi connectivity index (χ2v) is 14.6. The summed E-state index contributed by atoms with van der Waals surface area (Å²) in [5.41, 5.74) is 4.32. The van der Waals surface area contributed by atoms with Crippen LogP contribution >= 0.6 is 27.5 Å². The van der Waals surface area contributed by atoms with E-state index in [1.54, 1.807) is 0 Å². The van der Waals surface area contributed by atoms with Gasteiger partial charge in [0.15, 0.2) is 0 Å². The highest BCUT2D eigenvalue weighted by atomic mass is 79.9. The summed E-state index contributed by atoms with van der Waals surface area (Å²) in [5.74, 6) is 0. The van der Waals surface area contributed by atoms with Crippen molar-refractivity contribution in [3.05, 3.63) is 39.5 Å². The van der Waals surface area contributed by atoms with E-state index in [-0.39, 0.29) is 0 Å². The van der Waals surface area contributed by atoms with Gasteiger partial charge in [-0.25, -0.2) is 0 Å². The first-order valence-electron chi connectivity index (χ1n) is 7.79. The molecule has 0 fully saturated rings. The molecule has 3 heteroatoms. The number of hydrogen-bond acceptors (Lipinski definition) is 0. The Labute approximate surface area is 145 Å². The smallest absolute Gasteiger partial charge is 0.0832 e. The lowest BCUT2D eigenvalue weighted by Gasteiger charge is -2.43. The van der Waals surface area contributed by atoms with Crippen LogP contribution in [0.25, 0.3) is 5.03 Å². The average Bonchev–Trinajstić information content (AvgIpc) is 2.37. The molecule has 0 spiro atoms. The first-order valence-corrected chi connectivity index (χ1v) is 11.2. The number of halogens is 2. The molecule has 21 heavy (non-hydrogen) atoms. The summed E-state index contributed by atoms with van der Waals surface area (Å²) in [6.07, 6.45) is 0. The molecule has 0 N–H and O–H groups in total. The van der Waals surface area contributed by atoms with Gasteiger partial charge in [0.1, 0.15) is 8.07 Å². The molecule has 0 aromatic heterocycles. The third kappa shape index (κ3) is 3.48. The molecule has 0 saturated heterocycles. The lowest BCUT2D eigenvalue weighted by Crippen LogP contribution is -2.45. The molecule has 0 heterocycles. The molecule has 0 aliphatic carbocycles. The Kier molecular flexibility index (Phi) is 6.76. The molecule has 0 atom stereocenters. The molecule has 0 radical (unpaired) electrons. The van der Waals surface area contributed by atoms with E-state index in [1.165, 1.54) is 9.67 Å². The van der Waals surface area contributed by atoms with Gasteiger partial charge in [0.05, 0.1) is 5.03 Å². The Hall–Kier alpha value is -0.0531. The van der Waals surface area contributed by atoms with E-state index in [9.17, 15) is 0 Å². The highest BCUT2D eigenvalue weighted by molar-refractivity contribution is 9.12. The Morgan fingerprint density at radius 3 is 1.76 bits per heavy atom. The highest BCUT2D eigenvalue weighted by Gasteiger charge is 2.46.